The number of amides is 1. The molecule has 2 heterocycles. The van der Waals surface area contributed by atoms with Gasteiger partial charge in [-0.3, -0.25) is 9.69 Å². The zero-order valence-corrected chi connectivity index (χ0v) is 18.9. The first kappa shape index (κ1) is 21.4. The number of hydrogen-bond acceptors (Lipinski definition) is 4. The van der Waals surface area contributed by atoms with Crippen LogP contribution in [0.5, 0.6) is 0 Å². The van der Waals surface area contributed by atoms with E-state index in [9.17, 15) is 4.79 Å². The number of thioether (sulfide) groups is 1. The van der Waals surface area contributed by atoms with Crippen molar-refractivity contribution in [1.82, 2.24) is 4.90 Å². The molecule has 0 spiro atoms. The van der Waals surface area contributed by atoms with Crippen LogP contribution in [0.15, 0.2) is 52.5 Å². The Bertz CT molecular complexity index is 813. The average molecular weight is 424 g/mol. The van der Waals surface area contributed by atoms with Crippen LogP contribution < -0.4 is 0 Å². The zero-order valence-electron chi connectivity index (χ0n) is 18.1. The molecule has 30 heavy (non-hydrogen) atoms. The third-order valence-corrected chi connectivity index (χ3v) is 8.46. The fourth-order valence-corrected chi connectivity index (χ4v) is 6.69. The maximum Gasteiger partial charge on any atom is 0.252 e. The highest BCUT2D eigenvalue weighted by atomic mass is 32.2. The van der Waals surface area contributed by atoms with Crippen LogP contribution in [-0.2, 0) is 4.79 Å². The van der Waals surface area contributed by atoms with Gasteiger partial charge in [0.15, 0.2) is 5.82 Å². The van der Waals surface area contributed by atoms with E-state index in [1.807, 2.05) is 17.1 Å². The molecule has 1 aromatic rings. The van der Waals surface area contributed by atoms with Crippen molar-refractivity contribution in [3.8, 4) is 0 Å². The van der Waals surface area contributed by atoms with Crippen molar-refractivity contribution in [2.45, 2.75) is 63.0 Å². The summed E-state index contributed by atoms with van der Waals surface area (Å²) in [5.41, 5.74) is 2.27. The van der Waals surface area contributed by atoms with Gasteiger partial charge in [0.25, 0.3) is 5.91 Å². The summed E-state index contributed by atoms with van der Waals surface area (Å²) < 4.78 is 0.163. The molecular formula is C25H33N3OS. The third-order valence-electron chi connectivity index (χ3n) is 6.73. The van der Waals surface area contributed by atoms with Gasteiger partial charge in [-0.15, -0.1) is 5.11 Å². The molecule has 4 nitrogen and oxygen atoms in total. The van der Waals surface area contributed by atoms with Crippen molar-refractivity contribution in [2.75, 3.05) is 18.8 Å². The van der Waals surface area contributed by atoms with Gasteiger partial charge in [-0.2, -0.15) is 16.9 Å². The molecule has 4 rings (SSSR count). The maximum absolute atomic E-state index is 13.3. The standard InChI is InChI=1S/C25H33N3OS/c1-20-9-11-21(12-10-20)13-14-24(29)28(23-15-17-26-27-23)19-25(16-6-18-30-25)22-7-4-2-3-5-8-22/h9-15,22H,2-8,16-19H2,1H3/b14-13+. The topological polar surface area (TPSA) is 45.0 Å². The molecule has 5 heteroatoms. The molecule has 1 aliphatic carbocycles. The molecule has 1 amide bonds. The molecule has 2 fully saturated rings. The van der Waals surface area contributed by atoms with Gasteiger partial charge >= 0.3 is 0 Å². The number of carbonyl (C=O) groups excluding carboxylic acids is 1. The molecule has 3 aliphatic rings. The third kappa shape index (κ3) is 5.05. The second-order valence-electron chi connectivity index (χ2n) is 8.86. The number of rotatable bonds is 6. The summed E-state index contributed by atoms with van der Waals surface area (Å²) in [6.45, 7) is 3.40. The minimum atomic E-state index is 0.0168. The van der Waals surface area contributed by atoms with Gasteiger partial charge in [0.1, 0.15) is 0 Å². The monoisotopic (exact) mass is 423 g/mol. The van der Waals surface area contributed by atoms with Gasteiger partial charge in [-0.05, 0) is 62.0 Å². The van der Waals surface area contributed by atoms with Crippen LogP contribution in [-0.4, -0.2) is 34.4 Å². The summed E-state index contributed by atoms with van der Waals surface area (Å²) in [5, 5.41) is 8.44. The van der Waals surface area contributed by atoms with Gasteiger partial charge < -0.3 is 0 Å². The fourth-order valence-electron chi connectivity index (χ4n) is 5.02. The van der Waals surface area contributed by atoms with E-state index in [0.717, 1.165) is 17.9 Å². The Balaban J connectivity index is 1.56. The van der Waals surface area contributed by atoms with Gasteiger partial charge in [0.2, 0.25) is 0 Å². The first-order valence-electron chi connectivity index (χ1n) is 11.4. The Hall–Kier alpha value is -1.88. The van der Waals surface area contributed by atoms with Crippen LogP contribution in [0.25, 0.3) is 6.08 Å². The molecule has 1 atom stereocenters. The lowest BCUT2D eigenvalue weighted by atomic mass is 9.82. The summed E-state index contributed by atoms with van der Waals surface area (Å²) in [5.74, 6) is 2.65. The largest absolute Gasteiger partial charge is 0.291 e. The van der Waals surface area contributed by atoms with Crippen LogP contribution in [0.2, 0.25) is 0 Å². The molecule has 1 aromatic carbocycles. The van der Waals surface area contributed by atoms with Crippen LogP contribution in [0.4, 0.5) is 0 Å². The number of nitrogens with zero attached hydrogens (tertiary/aromatic N) is 3. The molecule has 2 aliphatic heterocycles. The van der Waals surface area contributed by atoms with Crippen molar-refractivity contribution in [2.24, 2.45) is 16.1 Å². The quantitative estimate of drug-likeness (QED) is 0.393. The number of benzene rings is 1. The van der Waals surface area contributed by atoms with E-state index in [1.165, 1.54) is 62.7 Å². The minimum absolute atomic E-state index is 0.0168. The van der Waals surface area contributed by atoms with Crippen LogP contribution in [0.1, 0.15) is 62.5 Å². The normalized spacial score (nSPS) is 24.9. The number of carbonyl (C=O) groups is 1. The van der Waals surface area contributed by atoms with Crippen molar-refractivity contribution in [3.63, 3.8) is 0 Å². The fraction of sp³-hybridized carbons (Fsp3) is 0.560. The highest BCUT2D eigenvalue weighted by molar-refractivity contribution is 8.00. The second kappa shape index (κ2) is 9.95. The molecule has 160 valence electrons. The molecule has 0 N–H and O–H groups in total. The average Bonchev–Trinajstić information content (AvgIpc) is 3.39. The van der Waals surface area contributed by atoms with Gasteiger partial charge in [-0.1, -0.05) is 55.5 Å². The molecule has 1 unspecified atom stereocenters. The molecule has 0 aromatic heterocycles. The summed E-state index contributed by atoms with van der Waals surface area (Å²) in [6.07, 6.45) is 16.1. The summed E-state index contributed by atoms with van der Waals surface area (Å²) in [4.78, 5) is 15.2. The lowest BCUT2D eigenvalue weighted by molar-refractivity contribution is -0.124. The highest BCUT2D eigenvalue weighted by Crippen LogP contribution is 2.49. The van der Waals surface area contributed by atoms with E-state index in [2.05, 4.69) is 53.2 Å². The Morgan fingerprint density at radius 1 is 1.17 bits per heavy atom. The Labute approximate surface area is 184 Å². The van der Waals surface area contributed by atoms with Crippen molar-refractivity contribution >= 4 is 23.7 Å². The Morgan fingerprint density at radius 3 is 2.57 bits per heavy atom. The zero-order chi connectivity index (χ0) is 20.8. The van der Waals surface area contributed by atoms with Crippen molar-refractivity contribution in [1.29, 1.82) is 0 Å². The number of aryl methyl sites for hydroxylation is 1. The molecule has 1 saturated heterocycles. The lowest BCUT2D eigenvalue weighted by Crippen LogP contribution is -2.45. The van der Waals surface area contributed by atoms with E-state index in [4.69, 9.17) is 0 Å². The Morgan fingerprint density at radius 2 is 1.93 bits per heavy atom. The van der Waals surface area contributed by atoms with Gasteiger partial charge in [0, 0.05) is 17.4 Å². The van der Waals surface area contributed by atoms with E-state index in [-0.39, 0.29) is 10.7 Å². The SMILES string of the molecule is Cc1ccc(/C=C/C(=O)N(CC2(C3CCCCCC3)CCCS2)C2=CCN=N2)cc1. The number of hydrogen-bond donors (Lipinski definition) is 0. The molecule has 1 saturated carbocycles. The van der Waals surface area contributed by atoms with E-state index < -0.39 is 0 Å². The van der Waals surface area contributed by atoms with Crippen molar-refractivity contribution in [3.05, 3.63) is 53.4 Å². The number of azo groups is 1. The van der Waals surface area contributed by atoms with E-state index >= 15 is 0 Å². The van der Waals surface area contributed by atoms with E-state index in [1.54, 1.807) is 6.08 Å². The van der Waals surface area contributed by atoms with Crippen LogP contribution in [0.3, 0.4) is 0 Å². The second-order valence-corrected chi connectivity index (χ2v) is 10.4. The first-order chi connectivity index (χ1) is 14.7. The summed E-state index contributed by atoms with van der Waals surface area (Å²) in [6, 6.07) is 8.26. The van der Waals surface area contributed by atoms with E-state index in [0.29, 0.717) is 12.5 Å². The maximum atomic E-state index is 13.3. The summed E-state index contributed by atoms with van der Waals surface area (Å²) in [7, 11) is 0. The van der Waals surface area contributed by atoms with Crippen LogP contribution in [0, 0.1) is 12.8 Å². The summed E-state index contributed by atoms with van der Waals surface area (Å²) >= 11 is 2.11. The van der Waals surface area contributed by atoms with Crippen LogP contribution >= 0.6 is 11.8 Å². The molecule has 0 radical (unpaired) electrons. The minimum Gasteiger partial charge on any atom is -0.291 e. The Kier molecular flexibility index (Phi) is 7.08. The molecule has 0 bridgehead atoms. The van der Waals surface area contributed by atoms with Crippen molar-refractivity contribution < 1.29 is 4.79 Å². The van der Waals surface area contributed by atoms with Gasteiger partial charge in [-0.25, -0.2) is 0 Å². The lowest BCUT2D eigenvalue weighted by Gasteiger charge is -2.40. The predicted octanol–water partition coefficient (Wildman–Crippen LogP) is 6.38. The smallest absolute Gasteiger partial charge is 0.252 e. The van der Waals surface area contributed by atoms with Gasteiger partial charge in [0.05, 0.1) is 6.54 Å². The molecular weight excluding hydrogens is 390 g/mol. The first-order valence-corrected chi connectivity index (χ1v) is 12.4. The highest BCUT2D eigenvalue weighted by Gasteiger charge is 2.44. The predicted molar refractivity (Wildman–Crippen MR) is 125 cm³/mol.